The Morgan fingerprint density at radius 3 is 1.77 bits per heavy atom. The first-order chi connectivity index (χ1) is 23.1. The van der Waals surface area contributed by atoms with Crippen LogP contribution in [0.5, 0.6) is 11.5 Å². The van der Waals surface area contributed by atoms with Crippen LogP contribution in [0.15, 0.2) is 53.0 Å². The van der Waals surface area contributed by atoms with Crippen molar-refractivity contribution < 1.29 is 32.9 Å². The van der Waals surface area contributed by atoms with Crippen LogP contribution in [0.1, 0.15) is 48.9 Å². The Morgan fingerprint density at radius 2 is 1.25 bits per heavy atom. The summed E-state index contributed by atoms with van der Waals surface area (Å²) >= 11 is 3.68. The maximum atomic E-state index is 14.4. The van der Waals surface area contributed by atoms with Gasteiger partial charge in [-0.1, -0.05) is 50.3 Å². The molecule has 2 spiro atoms. The Bertz CT molecular complexity index is 1680. The summed E-state index contributed by atoms with van der Waals surface area (Å²) in [6, 6.07) is 7.85. The molecule has 10 heteroatoms. The molecule has 2 aromatic carbocycles. The molecule has 10 atom stereocenters. The number of halogens is 2. The summed E-state index contributed by atoms with van der Waals surface area (Å²) in [7, 11) is 2.90. The van der Waals surface area contributed by atoms with Crippen LogP contribution in [0.2, 0.25) is 0 Å². The van der Waals surface area contributed by atoms with Crippen molar-refractivity contribution in [2.75, 3.05) is 27.3 Å². The predicted octanol–water partition coefficient (Wildman–Crippen LogP) is 6.71. The van der Waals surface area contributed by atoms with E-state index in [1.54, 1.807) is 0 Å². The number of hydrogen-bond donors (Lipinski definition) is 0. The standard InChI is InChI=1S/C19H20BrNO3.C19H20FNO3/c2*1-10-3-5-12-14-9-11-4-6-13(20)16-15(11)19(12,17(10)24-16)7-8-21(14)18(22)23-2/h2*3-6,10,12,14,17H,7-9H2,1-2H3/t2*10-,12-,14?,17-,19-/m00/s1. The van der Waals surface area contributed by atoms with Gasteiger partial charge in [0, 0.05) is 70.8 Å². The fourth-order valence-electron chi connectivity index (χ4n) is 11.3. The van der Waals surface area contributed by atoms with Crippen LogP contribution in [-0.2, 0) is 33.1 Å². The highest BCUT2D eigenvalue weighted by molar-refractivity contribution is 9.10. The van der Waals surface area contributed by atoms with E-state index in [0.29, 0.717) is 24.1 Å². The summed E-state index contributed by atoms with van der Waals surface area (Å²) in [6.07, 6.45) is 11.9. The van der Waals surface area contributed by atoms with Gasteiger partial charge in [0.05, 0.1) is 18.7 Å². The van der Waals surface area contributed by atoms with Gasteiger partial charge in [-0.15, -0.1) is 0 Å². The Balaban J connectivity index is 0.000000131. The van der Waals surface area contributed by atoms with Gasteiger partial charge in [0.25, 0.3) is 0 Å². The molecule has 8 nitrogen and oxygen atoms in total. The molecule has 0 aromatic heterocycles. The number of benzene rings is 2. The lowest BCUT2D eigenvalue weighted by molar-refractivity contribution is -0.0202. The van der Waals surface area contributed by atoms with Crippen molar-refractivity contribution in [3.8, 4) is 11.5 Å². The molecule has 8 aliphatic rings. The van der Waals surface area contributed by atoms with Crippen molar-refractivity contribution in [1.29, 1.82) is 0 Å². The van der Waals surface area contributed by atoms with E-state index in [2.05, 4.69) is 66.2 Å². The zero-order valence-corrected chi connectivity index (χ0v) is 29.2. The minimum Gasteiger partial charge on any atom is -0.487 e. The number of methoxy groups -OCH3 is 2. The summed E-state index contributed by atoms with van der Waals surface area (Å²) < 4.78 is 38.2. The smallest absolute Gasteiger partial charge is 0.409 e. The Labute approximate surface area is 288 Å². The third-order valence-corrected chi connectivity index (χ3v) is 13.7. The van der Waals surface area contributed by atoms with Crippen LogP contribution in [0.4, 0.5) is 14.0 Å². The Morgan fingerprint density at radius 1 is 0.771 bits per heavy atom. The molecule has 0 N–H and O–H groups in total. The van der Waals surface area contributed by atoms with E-state index >= 15 is 0 Å². The molecule has 2 aromatic rings. The van der Waals surface area contributed by atoms with E-state index in [9.17, 15) is 14.0 Å². The Hall–Kier alpha value is -3.53. The summed E-state index contributed by atoms with van der Waals surface area (Å²) in [6.45, 7) is 5.73. The van der Waals surface area contributed by atoms with Crippen LogP contribution in [0.3, 0.4) is 0 Å². The summed E-state index contributed by atoms with van der Waals surface area (Å²) in [5.74, 6) is 2.27. The normalized spacial score (nSPS) is 37.7. The van der Waals surface area contributed by atoms with Gasteiger partial charge in [0.15, 0.2) is 11.6 Å². The molecular weight excluding hydrogens is 679 g/mol. The second kappa shape index (κ2) is 10.5. The number of carbonyl (C=O) groups is 2. The average Bonchev–Trinajstić information content (AvgIpc) is 3.63. The first-order valence-electron chi connectivity index (χ1n) is 17.2. The largest absolute Gasteiger partial charge is 0.487 e. The summed E-state index contributed by atoms with van der Waals surface area (Å²) in [4.78, 5) is 28.3. The number of nitrogens with zero attached hydrogens (tertiary/aromatic N) is 2. The lowest BCUT2D eigenvalue weighted by atomic mass is 9.52. The fraction of sp³-hybridized carbons (Fsp3) is 0.526. The van der Waals surface area contributed by atoms with Crippen molar-refractivity contribution in [3.63, 3.8) is 0 Å². The molecule has 10 rings (SSSR count). The average molecular weight is 720 g/mol. The molecule has 2 amide bonds. The maximum Gasteiger partial charge on any atom is 0.409 e. The zero-order valence-electron chi connectivity index (χ0n) is 27.6. The van der Waals surface area contributed by atoms with Gasteiger partial charge >= 0.3 is 12.2 Å². The number of carbonyl (C=O) groups excluding carboxylic acids is 2. The number of likely N-dealkylation sites (tertiary alicyclic amines) is 2. The number of amides is 2. The van der Waals surface area contributed by atoms with E-state index in [1.165, 1.54) is 31.4 Å². The number of hydrogen-bond acceptors (Lipinski definition) is 6. The second-order valence-electron chi connectivity index (χ2n) is 14.9. The van der Waals surface area contributed by atoms with Gasteiger partial charge in [-0.3, -0.25) is 0 Å². The first kappa shape index (κ1) is 30.5. The van der Waals surface area contributed by atoms with Gasteiger partial charge < -0.3 is 28.7 Å². The number of ether oxygens (including phenoxy) is 4. The third kappa shape index (κ3) is 3.70. The highest BCUT2D eigenvalue weighted by Crippen LogP contribution is 2.64. The SMILES string of the molecule is COC(=O)N1CC[C@]23c4c5ccc(Br)c4O[C@H]2[C@@H](C)C=C[C@H]3C1C5.COC(=O)N1CC[C@]23c4c5ccc(F)c4O[C@H]2[C@@H](C)C=C[C@H]3C1C5. The van der Waals surface area contributed by atoms with Gasteiger partial charge in [0.2, 0.25) is 0 Å². The molecule has 4 bridgehead atoms. The van der Waals surface area contributed by atoms with Gasteiger partial charge in [-0.25, -0.2) is 14.0 Å². The van der Waals surface area contributed by atoms with Crippen LogP contribution in [0.25, 0.3) is 0 Å². The van der Waals surface area contributed by atoms with E-state index in [4.69, 9.17) is 18.9 Å². The molecular formula is C38H40BrFN2O6. The van der Waals surface area contributed by atoms with E-state index in [0.717, 1.165) is 53.6 Å². The van der Waals surface area contributed by atoms with Crippen LogP contribution in [0, 0.1) is 29.5 Å². The minimum absolute atomic E-state index is 0.00392. The summed E-state index contributed by atoms with van der Waals surface area (Å²) in [5, 5.41) is 0. The molecule has 4 aliphatic carbocycles. The highest BCUT2D eigenvalue weighted by Gasteiger charge is 2.66. The lowest BCUT2D eigenvalue weighted by Crippen LogP contribution is -2.65. The molecule has 4 aliphatic heterocycles. The molecule has 2 fully saturated rings. The quantitative estimate of drug-likeness (QED) is 0.282. The van der Waals surface area contributed by atoms with Crippen molar-refractivity contribution >= 4 is 28.1 Å². The van der Waals surface area contributed by atoms with E-state index < -0.39 is 0 Å². The minimum atomic E-state index is -0.275. The van der Waals surface area contributed by atoms with Crippen LogP contribution in [-0.4, -0.2) is 73.6 Å². The predicted molar refractivity (Wildman–Crippen MR) is 179 cm³/mol. The van der Waals surface area contributed by atoms with Gasteiger partial charge in [-0.05, 0) is 64.9 Å². The molecule has 48 heavy (non-hydrogen) atoms. The number of rotatable bonds is 0. The molecule has 2 unspecified atom stereocenters. The van der Waals surface area contributed by atoms with Crippen molar-refractivity contribution in [1.82, 2.24) is 9.80 Å². The molecule has 2 saturated heterocycles. The lowest BCUT2D eigenvalue weighted by Gasteiger charge is -2.56. The van der Waals surface area contributed by atoms with Crippen molar-refractivity contribution in [2.45, 2.75) is 74.7 Å². The van der Waals surface area contributed by atoms with Crippen LogP contribution >= 0.6 is 15.9 Å². The third-order valence-electron chi connectivity index (χ3n) is 13.1. The van der Waals surface area contributed by atoms with E-state index in [1.807, 2.05) is 15.9 Å². The highest BCUT2D eigenvalue weighted by atomic mass is 79.9. The number of piperidine rings is 2. The first-order valence-corrected chi connectivity index (χ1v) is 18.0. The summed E-state index contributed by atoms with van der Waals surface area (Å²) in [5.41, 5.74) is 4.68. The Kier molecular flexibility index (Phi) is 6.67. The fourth-order valence-corrected chi connectivity index (χ4v) is 11.7. The molecule has 0 saturated carbocycles. The van der Waals surface area contributed by atoms with Crippen LogP contribution < -0.4 is 9.47 Å². The zero-order chi connectivity index (χ0) is 33.3. The van der Waals surface area contributed by atoms with Crippen molar-refractivity contribution in [2.24, 2.45) is 23.7 Å². The molecule has 4 heterocycles. The monoisotopic (exact) mass is 718 g/mol. The molecule has 0 radical (unpaired) electrons. The maximum absolute atomic E-state index is 14.4. The van der Waals surface area contributed by atoms with Crippen molar-refractivity contribution in [3.05, 3.63) is 81.1 Å². The van der Waals surface area contributed by atoms with E-state index in [-0.39, 0.29) is 65.0 Å². The molecule has 252 valence electrons. The van der Waals surface area contributed by atoms with Gasteiger partial charge in [-0.2, -0.15) is 0 Å². The second-order valence-corrected chi connectivity index (χ2v) is 15.7. The topological polar surface area (TPSA) is 77.5 Å². The van der Waals surface area contributed by atoms with Gasteiger partial charge in [0.1, 0.15) is 18.0 Å².